The predicted octanol–water partition coefficient (Wildman–Crippen LogP) is 3.21. The van der Waals surface area contributed by atoms with Crippen LogP contribution in [-0.2, 0) is 0 Å². The fourth-order valence-corrected chi connectivity index (χ4v) is 1.38. The van der Waals surface area contributed by atoms with E-state index in [4.69, 9.17) is 0 Å². The normalized spacial score (nSPS) is 12.4. The third kappa shape index (κ3) is 2.79. The lowest BCUT2D eigenvalue weighted by Gasteiger charge is -2.11. The van der Waals surface area contributed by atoms with Crippen molar-refractivity contribution in [1.29, 1.82) is 0 Å². The van der Waals surface area contributed by atoms with Gasteiger partial charge in [-0.05, 0) is 32.2 Å². The van der Waals surface area contributed by atoms with Crippen molar-refractivity contribution < 1.29 is 0 Å². The Morgan fingerprint density at radius 3 is 2.62 bits per heavy atom. The third-order valence-corrected chi connectivity index (χ3v) is 2.39. The zero-order chi connectivity index (χ0) is 12.0. The van der Waals surface area contributed by atoms with Crippen molar-refractivity contribution in [1.82, 2.24) is 0 Å². The Labute approximate surface area is 96.6 Å². The number of rotatable bonds is 2. The third-order valence-electron chi connectivity index (χ3n) is 2.39. The van der Waals surface area contributed by atoms with Crippen LogP contribution in [0, 0.1) is 0 Å². The fourth-order valence-electron chi connectivity index (χ4n) is 1.38. The summed E-state index contributed by atoms with van der Waals surface area (Å²) in [5, 5.41) is 3.14. The lowest BCUT2D eigenvalue weighted by molar-refractivity contribution is 1.38. The van der Waals surface area contributed by atoms with Gasteiger partial charge in [-0.1, -0.05) is 24.3 Å². The van der Waals surface area contributed by atoms with E-state index in [1.807, 2.05) is 25.1 Å². The van der Waals surface area contributed by atoms with E-state index in [0.717, 1.165) is 11.3 Å². The molecule has 1 N–H and O–H groups in total. The van der Waals surface area contributed by atoms with Crippen LogP contribution < -0.4 is 5.32 Å². The molecular formula is C13H17N3. The maximum absolute atomic E-state index is 3.98. The van der Waals surface area contributed by atoms with Crippen LogP contribution in [0.2, 0.25) is 0 Å². The van der Waals surface area contributed by atoms with Crippen LogP contribution in [0.5, 0.6) is 0 Å². The molecule has 0 aliphatic carbocycles. The van der Waals surface area contributed by atoms with E-state index in [1.165, 1.54) is 5.57 Å². The highest BCUT2D eigenvalue weighted by Gasteiger charge is 2.03. The molecule has 84 valence electrons. The Kier molecular flexibility index (Phi) is 4.45. The molecule has 0 saturated carbocycles. The summed E-state index contributed by atoms with van der Waals surface area (Å²) in [6.07, 6.45) is 2.07. The van der Waals surface area contributed by atoms with Crippen LogP contribution in [0.25, 0.3) is 5.57 Å². The minimum absolute atomic E-state index is 0.524. The molecule has 0 fully saturated rings. The topological polar surface area (TPSA) is 36.8 Å². The Morgan fingerprint density at radius 1 is 1.38 bits per heavy atom. The van der Waals surface area contributed by atoms with Gasteiger partial charge in [0, 0.05) is 18.3 Å². The second kappa shape index (κ2) is 5.85. The molecule has 1 aromatic carbocycles. The van der Waals surface area contributed by atoms with Crippen molar-refractivity contribution in [3.05, 3.63) is 35.9 Å². The molecule has 0 spiro atoms. The molecule has 0 aliphatic heterocycles. The molecule has 0 radical (unpaired) electrons. The fraction of sp³-hybridized carbons (Fsp3) is 0.231. The zero-order valence-corrected chi connectivity index (χ0v) is 9.99. The van der Waals surface area contributed by atoms with Gasteiger partial charge >= 0.3 is 0 Å². The number of hydrogen-bond donors (Lipinski definition) is 1. The monoisotopic (exact) mass is 215 g/mol. The van der Waals surface area contributed by atoms with Crippen LogP contribution in [0.3, 0.4) is 0 Å². The van der Waals surface area contributed by atoms with E-state index in [-0.39, 0.29) is 0 Å². The van der Waals surface area contributed by atoms with Gasteiger partial charge in [-0.15, -0.1) is 0 Å². The number of nitrogens with one attached hydrogen (secondary N) is 1. The summed E-state index contributed by atoms with van der Waals surface area (Å²) in [6.45, 7) is 7.56. The van der Waals surface area contributed by atoms with Crippen LogP contribution in [0.1, 0.15) is 19.4 Å². The molecule has 0 aromatic heterocycles. The van der Waals surface area contributed by atoms with Crippen LogP contribution in [0.4, 0.5) is 5.69 Å². The van der Waals surface area contributed by atoms with Crippen molar-refractivity contribution >= 4 is 23.9 Å². The highest BCUT2D eigenvalue weighted by Crippen LogP contribution is 2.23. The number of allylic oxidation sites excluding steroid dienone is 2. The van der Waals surface area contributed by atoms with Crippen LogP contribution in [0.15, 0.2) is 40.3 Å². The molecule has 16 heavy (non-hydrogen) atoms. The van der Waals surface area contributed by atoms with E-state index in [2.05, 4.69) is 41.1 Å². The average Bonchev–Trinajstić information content (AvgIpc) is 2.35. The molecule has 1 rings (SSSR count). The Balaban J connectivity index is 3.09. The maximum Gasteiger partial charge on any atom is 0.221 e. The molecular weight excluding hydrogens is 198 g/mol. The minimum Gasteiger partial charge on any atom is -0.324 e. The number of nitrogens with zero attached hydrogens (tertiary/aromatic N) is 2. The van der Waals surface area contributed by atoms with E-state index < -0.39 is 0 Å². The molecule has 1 aromatic rings. The van der Waals surface area contributed by atoms with Crippen LogP contribution in [-0.4, -0.2) is 19.7 Å². The van der Waals surface area contributed by atoms with Crippen molar-refractivity contribution in [3.63, 3.8) is 0 Å². The smallest absolute Gasteiger partial charge is 0.221 e. The number of anilines is 1. The summed E-state index contributed by atoms with van der Waals surface area (Å²) in [5.41, 5.74) is 3.35. The first-order chi connectivity index (χ1) is 7.72. The number of aliphatic imine (C=N–C) groups is 2. The first-order valence-electron chi connectivity index (χ1n) is 5.15. The molecule has 0 bridgehead atoms. The molecule has 0 unspecified atom stereocenters. The average molecular weight is 215 g/mol. The molecule has 3 nitrogen and oxygen atoms in total. The van der Waals surface area contributed by atoms with Gasteiger partial charge in [0.05, 0.1) is 0 Å². The first kappa shape index (κ1) is 12.2. The Morgan fingerprint density at radius 2 is 2.06 bits per heavy atom. The summed E-state index contributed by atoms with van der Waals surface area (Å²) < 4.78 is 0. The lowest BCUT2D eigenvalue weighted by Crippen LogP contribution is -2.09. The van der Waals surface area contributed by atoms with Crippen LogP contribution >= 0.6 is 0 Å². The zero-order valence-electron chi connectivity index (χ0n) is 9.99. The van der Waals surface area contributed by atoms with Gasteiger partial charge in [0.2, 0.25) is 5.96 Å². The number of hydrogen-bond acceptors (Lipinski definition) is 1. The summed E-state index contributed by atoms with van der Waals surface area (Å²) in [5.74, 6) is 0.524. The molecule has 0 saturated heterocycles. The van der Waals surface area contributed by atoms with Crippen molar-refractivity contribution in [3.8, 4) is 0 Å². The van der Waals surface area contributed by atoms with Crippen molar-refractivity contribution in [2.24, 2.45) is 9.98 Å². The summed E-state index contributed by atoms with van der Waals surface area (Å²) >= 11 is 0. The second-order valence-corrected chi connectivity index (χ2v) is 3.35. The maximum atomic E-state index is 3.98. The second-order valence-electron chi connectivity index (χ2n) is 3.35. The molecule has 0 amide bonds. The van der Waals surface area contributed by atoms with Gasteiger partial charge in [0.1, 0.15) is 0 Å². The standard InChI is InChI=1S/C13H17N3/c1-5-10(2)11-8-6-7-9-12(11)16-13(14-3)15-4/h5-9H,3H2,1-2,4H3,(H,15,16). The minimum atomic E-state index is 0.524. The summed E-state index contributed by atoms with van der Waals surface area (Å²) in [4.78, 5) is 7.78. The van der Waals surface area contributed by atoms with Gasteiger partial charge in [-0.25, -0.2) is 4.99 Å². The summed E-state index contributed by atoms with van der Waals surface area (Å²) in [6, 6.07) is 8.05. The highest BCUT2D eigenvalue weighted by molar-refractivity contribution is 5.98. The predicted molar refractivity (Wildman–Crippen MR) is 72.3 cm³/mol. The summed E-state index contributed by atoms with van der Waals surface area (Å²) in [7, 11) is 1.68. The number of benzene rings is 1. The lowest BCUT2D eigenvalue weighted by atomic mass is 10.1. The number of para-hydroxylation sites is 1. The SMILES string of the molecule is C=NC(=NC)Nc1ccccc1C(C)=CC. The molecule has 0 heterocycles. The number of guanidine groups is 1. The van der Waals surface area contributed by atoms with Gasteiger partial charge in [0.25, 0.3) is 0 Å². The highest BCUT2D eigenvalue weighted by atomic mass is 15.1. The molecule has 3 heteroatoms. The van der Waals surface area contributed by atoms with Gasteiger partial charge in [-0.2, -0.15) is 0 Å². The van der Waals surface area contributed by atoms with Crippen molar-refractivity contribution in [2.75, 3.05) is 12.4 Å². The Hall–Kier alpha value is -1.90. The molecule has 0 aliphatic rings. The van der Waals surface area contributed by atoms with Gasteiger partial charge < -0.3 is 5.32 Å². The van der Waals surface area contributed by atoms with E-state index in [0.29, 0.717) is 5.96 Å². The van der Waals surface area contributed by atoms with E-state index in [1.54, 1.807) is 7.05 Å². The van der Waals surface area contributed by atoms with Gasteiger partial charge in [0.15, 0.2) is 0 Å². The quantitative estimate of drug-likeness (QED) is 0.597. The van der Waals surface area contributed by atoms with E-state index in [9.17, 15) is 0 Å². The van der Waals surface area contributed by atoms with Gasteiger partial charge in [-0.3, -0.25) is 4.99 Å². The van der Waals surface area contributed by atoms with Crippen molar-refractivity contribution in [2.45, 2.75) is 13.8 Å². The largest absolute Gasteiger partial charge is 0.324 e. The first-order valence-corrected chi connectivity index (χ1v) is 5.15. The molecule has 0 atom stereocenters. The van der Waals surface area contributed by atoms with E-state index >= 15 is 0 Å². The Bertz CT molecular complexity index is 431.